The Morgan fingerprint density at radius 1 is 1.03 bits per heavy atom. The van der Waals surface area contributed by atoms with E-state index in [2.05, 4.69) is 64.2 Å². The number of fused-ring (bicyclic) bond motifs is 2. The van der Waals surface area contributed by atoms with Crippen LogP contribution in [-0.2, 0) is 13.6 Å². The van der Waals surface area contributed by atoms with Gasteiger partial charge in [-0.25, -0.2) is 4.68 Å². The Bertz CT molecular complexity index is 1250. The fraction of sp³-hybridized carbons (Fsp3) is 0.375. The van der Waals surface area contributed by atoms with Crippen LogP contribution in [0.5, 0.6) is 0 Å². The van der Waals surface area contributed by atoms with Crippen molar-refractivity contribution in [1.82, 2.24) is 24.5 Å². The van der Waals surface area contributed by atoms with Gasteiger partial charge in [-0.1, -0.05) is 35.5 Å². The molecule has 1 unspecified atom stereocenters. The minimum atomic E-state index is -0.0573. The number of para-hydroxylation sites is 1. The van der Waals surface area contributed by atoms with Crippen molar-refractivity contribution in [2.24, 2.45) is 7.05 Å². The van der Waals surface area contributed by atoms with Gasteiger partial charge in [0.25, 0.3) is 5.56 Å². The van der Waals surface area contributed by atoms with Gasteiger partial charge in [0.05, 0.1) is 11.9 Å². The summed E-state index contributed by atoms with van der Waals surface area (Å²) >= 11 is 0. The van der Waals surface area contributed by atoms with Crippen molar-refractivity contribution in [1.29, 1.82) is 0 Å². The number of piperidine rings is 1. The van der Waals surface area contributed by atoms with E-state index in [0.29, 0.717) is 23.4 Å². The van der Waals surface area contributed by atoms with E-state index < -0.39 is 0 Å². The van der Waals surface area contributed by atoms with Crippen LogP contribution in [0.3, 0.4) is 0 Å². The normalized spacial score (nSPS) is 17.0. The Kier molecular flexibility index (Phi) is 4.87. The number of aromatic nitrogens is 4. The maximum atomic E-state index is 12.8. The predicted molar refractivity (Wildman–Crippen MR) is 120 cm³/mol. The second-order valence-corrected chi connectivity index (χ2v) is 8.47. The third kappa shape index (κ3) is 3.31. The lowest BCUT2D eigenvalue weighted by Crippen LogP contribution is -2.43. The molecule has 1 aliphatic rings. The lowest BCUT2D eigenvalue weighted by Gasteiger charge is -2.36. The van der Waals surface area contributed by atoms with Crippen molar-refractivity contribution in [3.8, 4) is 0 Å². The predicted octanol–water partition coefficient (Wildman–Crippen LogP) is 3.55. The number of hydrogen-bond donors (Lipinski definition) is 0. The first kappa shape index (κ1) is 19.0. The van der Waals surface area contributed by atoms with Gasteiger partial charge in [-0.3, -0.25) is 9.69 Å². The molecule has 6 heteroatoms. The zero-order valence-corrected chi connectivity index (χ0v) is 17.5. The summed E-state index contributed by atoms with van der Waals surface area (Å²) in [5.74, 6) is 0.586. The van der Waals surface area contributed by atoms with E-state index in [0.717, 1.165) is 25.9 Å². The van der Waals surface area contributed by atoms with Gasteiger partial charge in [0.1, 0.15) is 5.52 Å². The maximum Gasteiger partial charge on any atom is 0.277 e. The standard InChI is InChI=1S/C24H27N5O/c1-17(15-29-24(30)20-8-3-5-9-22(20)25-26-29)28-13-11-18(12-14-28)21-16-27(2)23-10-6-4-7-19(21)23/h3-10,16-18H,11-15H2,1-2H3. The summed E-state index contributed by atoms with van der Waals surface area (Å²) in [6, 6.07) is 16.3. The lowest BCUT2D eigenvalue weighted by atomic mass is 9.88. The molecule has 1 fully saturated rings. The van der Waals surface area contributed by atoms with Gasteiger partial charge in [-0.05, 0) is 62.5 Å². The van der Waals surface area contributed by atoms with Crippen molar-refractivity contribution in [2.45, 2.75) is 38.3 Å². The second kappa shape index (κ2) is 7.69. The van der Waals surface area contributed by atoms with Crippen LogP contribution in [0.4, 0.5) is 0 Å². The number of likely N-dealkylation sites (tertiary alicyclic amines) is 1. The molecule has 154 valence electrons. The van der Waals surface area contributed by atoms with E-state index in [1.807, 2.05) is 24.3 Å². The molecule has 0 bridgehead atoms. The Hall–Kier alpha value is -2.99. The van der Waals surface area contributed by atoms with Gasteiger partial charge in [0.15, 0.2) is 0 Å². The Labute approximate surface area is 175 Å². The number of hydrogen-bond acceptors (Lipinski definition) is 4. The maximum absolute atomic E-state index is 12.8. The first-order valence-electron chi connectivity index (χ1n) is 10.7. The Balaban J connectivity index is 1.29. The van der Waals surface area contributed by atoms with E-state index in [1.165, 1.54) is 21.1 Å². The molecule has 0 aliphatic carbocycles. The molecule has 0 radical (unpaired) electrons. The third-order valence-corrected chi connectivity index (χ3v) is 6.59. The van der Waals surface area contributed by atoms with Crippen LogP contribution in [0, 0.1) is 0 Å². The molecular formula is C24H27N5O. The molecule has 1 saturated heterocycles. The largest absolute Gasteiger partial charge is 0.350 e. The van der Waals surface area contributed by atoms with Crippen LogP contribution in [0.1, 0.15) is 31.2 Å². The van der Waals surface area contributed by atoms with Gasteiger partial charge in [-0.15, -0.1) is 5.10 Å². The highest BCUT2D eigenvalue weighted by atomic mass is 16.1. The van der Waals surface area contributed by atoms with E-state index in [4.69, 9.17) is 0 Å². The minimum Gasteiger partial charge on any atom is -0.350 e. The summed E-state index contributed by atoms with van der Waals surface area (Å²) in [6.45, 7) is 4.81. The molecule has 30 heavy (non-hydrogen) atoms. The van der Waals surface area contributed by atoms with Crippen LogP contribution in [0.2, 0.25) is 0 Å². The first-order chi connectivity index (χ1) is 14.6. The van der Waals surface area contributed by atoms with Gasteiger partial charge in [0.2, 0.25) is 0 Å². The van der Waals surface area contributed by atoms with Gasteiger partial charge in [0, 0.05) is 30.2 Å². The quantitative estimate of drug-likeness (QED) is 0.525. The molecule has 6 nitrogen and oxygen atoms in total. The first-order valence-corrected chi connectivity index (χ1v) is 10.7. The van der Waals surface area contributed by atoms with Crippen molar-refractivity contribution in [2.75, 3.05) is 13.1 Å². The van der Waals surface area contributed by atoms with E-state index in [1.54, 1.807) is 0 Å². The molecule has 1 atom stereocenters. The second-order valence-electron chi connectivity index (χ2n) is 8.47. The zero-order chi connectivity index (χ0) is 20.7. The number of aryl methyl sites for hydroxylation is 1. The molecule has 2 aromatic heterocycles. The van der Waals surface area contributed by atoms with Gasteiger partial charge >= 0.3 is 0 Å². The molecule has 5 rings (SSSR count). The summed E-state index contributed by atoms with van der Waals surface area (Å²) in [5.41, 5.74) is 3.37. The minimum absolute atomic E-state index is 0.0573. The van der Waals surface area contributed by atoms with Crippen molar-refractivity contribution in [3.63, 3.8) is 0 Å². The molecular weight excluding hydrogens is 374 g/mol. The average Bonchev–Trinajstić information content (AvgIpc) is 3.13. The topological polar surface area (TPSA) is 56.0 Å². The fourth-order valence-electron chi connectivity index (χ4n) is 4.86. The van der Waals surface area contributed by atoms with Crippen molar-refractivity contribution < 1.29 is 0 Å². The summed E-state index contributed by atoms with van der Waals surface area (Å²) < 4.78 is 3.76. The molecule has 0 amide bonds. The fourth-order valence-corrected chi connectivity index (χ4v) is 4.86. The molecule has 0 saturated carbocycles. The monoisotopic (exact) mass is 401 g/mol. The number of nitrogens with zero attached hydrogens (tertiary/aromatic N) is 5. The molecule has 2 aromatic carbocycles. The van der Waals surface area contributed by atoms with Crippen LogP contribution < -0.4 is 5.56 Å². The zero-order valence-electron chi connectivity index (χ0n) is 17.5. The summed E-state index contributed by atoms with van der Waals surface area (Å²) in [7, 11) is 2.13. The molecule has 3 heterocycles. The average molecular weight is 402 g/mol. The van der Waals surface area contributed by atoms with Gasteiger partial charge in [-0.2, -0.15) is 0 Å². The van der Waals surface area contributed by atoms with Crippen LogP contribution >= 0.6 is 0 Å². The van der Waals surface area contributed by atoms with E-state index in [-0.39, 0.29) is 11.6 Å². The highest BCUT2D eigenvalue weighted by molar-refractivity contribution is 5.84. The molecule has 0 N–H and O–H groups in total. The molecule has 1 aliphatic heterocycles. The smallest absolute Gasteiger partial charge is 0.277 e. The van der Waals surface area contributed by atoms with E-state index >= 15 is 0 Å². The lowest BCUT2D eigenvalue weighted by molar-refractivity contribution is 0.144. The van der Waals surface area contributed by atoms with Crippen molar-refractivity contribution >= 4 is 21.8 Å². The summed E-state index contributed by atoms with van der Waals surface area (Å²) in [4.78, 5) is 15.2. The Morgan fingerprint density at radius 2 is 1.73 bits per heavy atom. The molecule has 0 spiro atoms. The molecule has 4 aromatic rings. The van der Waals surface area contributed by atoms with Gasteiger partial charge < -0.3 is 4.57 Å². The van der Waals surface area contributed by atoms with Crippen LogP contribution in [0.15, 0.2) is 59.5 Å². The third-order valence-electron chi connectivity index (χ3n) is 6.59. The van der Waals surface area contributed by atoms with Crippen LogP contribution in [0.25, 0.3) is 21.8 Å². The summed E-state index contributed by atoms with van der Waals surface area (Å²) in [6.07, 6.45) is 4.58. The van der Waals surface area contributed by atoms with Crippen LogP contribution in [-0.4, -0.2) is 43.6 Å². The van der Waals surface area contributed by atoms with Crippen molar-refractivity contribution in [3.05, 3.63) is 70.6 Å². The Morgan fingerprint density at radius 3 is 2.53 bits per heavy atom. The number of benzene rings is 2. The highest BCUT2D eigenvalue weighted by Gasteiger charge is 2.26. The SMILES string of the molecule is CC(Cn1nnc2ccccc2c1=O)N1CCC(c2cn(C)c3ccccc23)CC1. The number of rotatable bonds is 4. The van der Waals surface area contributed by atoms with E-state index in [9.17, 15) is 4.79 Å². The summed E-state index contributed by atoms with van der Waals surface area (Å²) in [5, 5.41) is 10.4. The highest BCUT2D eigenvalue weighted by Crippen LogP contribution is 2.34.